The van der Waals surface area contributed by atoms with Crippen molar-refractivity contribution in [3.8, 4) is 0 Å². The Morgan fingerprint density at radius 1 is 1.48 bits per heavy atom. The maximum Gasteiger partial charge on any atom is 0.339 e. The lowest BCUT2D eigenvalue weighted by molar-refractivity contribution is 0.0602. The number of aromatic nitrogens is 2. The molecular formula is C15H18ClN3O2. The van der Waals surface area contributed by atoms with Crippen LogP contribution in [0.4, 0.5) is 5.69 Å². The molecule has 2 rings (SSSR count). The summed E-state index contributed by atoms with van der Waals surface area (Å²) in [5, 5.41) is 8.03. The van der Waals surface area contributed by atoms with E-state index in [9.17, 15) is 4.79 Å². The Kier molecular flexibility index (Phi) is 5.22. The summed E-state index contributed by atoms with van der Waals surface area (Å²) in [5.41, 5.74) is 2.15. The van der Waals surface area contributed by atoms with Crippen molar-refractivity contribution < 1.29 is 9.53 Å². The first-order valence-electron chi connectivity index (χ1n) is 6.77. The van der Waals surface area contributed by atoms with E-state index < -0.39 is 5.97 Å². The normalized spacial score (nSPS) is 10.4. The molecule has 0 aliphatic heterocycles. The fraction of sp³-hybridized carbons (Fsp3) is 0.333. The number of methoxy groups -OCH3 is 1. The predicted molar refractivity (Wildman–Crippen MR) is 82.6 cm³/mol. The quantitative estimate of drug-likeness (QED) is 0.832. The zero-order valence-corrected chi connectivity index (χ0v) is 12.9. The zero-order chi connectivity index (χ0) is 15.2. The molecule has 0 spiro atoms. The van der Waals surface area contributed by atoms with Crippen LogP contribution in [-0.4, -0.2) is 22.9 Å². The number of aryl methyl sites for hydroxylation is 1. The van der Waals surface area contributed by atoms with Gasteiger partial charge in [-0.25, -0.2) is 4.79 Å². The van der Waals surface area contributed by atoms with Gasteiger partial charge >= 0.3 is 5.97 Å². The van der Waals surface area contributed by atoms with E-state index in [-0.39, 0.29) is 0 Å². The number of nitrogens with zero attached hydrogens (tertiary/aromatic N) is 2. The lowest BCUT2D eigenvalue weighted by Crippen LogP contribution is -2.08. The maximum atomic E-state index is 11.7. The molecule has 2 aromatic rings. The van der Waals surface area contributed by atoms with Gasteiger partial charge in [0, 0.05) is 29.9 Å². The zero-order valence-electron chi connectivity index (χ0n) is 12.1. The molecular weight excluding hydrogens is 290 g/mol. The van der Waals surface area contributed by atoms with Crippen molar-refractivity contribution in [2.45, 2.75) is 26.4 Å². The Hall–Kier alpha value is -2.01. The third-order valence-electron chi connectivity index (χ3n) is 3.01. The molecule has 1 aromatic carbocycles. The van der Waals surface area contributed by atoms with Crippen LogP contribution in [0.2, 0.25) is 5.02 Å². The number of carbonyl (C=O) groups is 1. The first-order chi connectivity index (χ1) is 10.1. The largest absolute Gasteiger partial charge is 0.465 e. The lowest BCUT2D eigenvalue weighted by atomic mass is 10.1. The van der Waals surface area contributed by atoms with Gasteiger partial charge in [-0.05, 0) is 24.6 Å². The first kappa shape index (κ1) is 15.4. The van der Waals surface area contributed by atoms with Crippen LogP contribution >= 0.6 is 11.6 Å². The number of esters is 1. The van der Waals surface area contributed by atoms with Gasteiger partial charge in [-0.3, -0.25) is 4.68 Å². The molecule has 0 aliphatic carbocycles. The average Bonchev–Trinajstić information content (AvgIpc) is 2.92. The van der Waals surface area contributed by atoms with Gasteiger partial charge in [-0.15, -0.1) is 0 Å². The molecule has 0 atom stereocenters. The van der Waals surface area contributed by atoms with Gasteiger partial charge in [0.05, 0.1) is 24.6 Å². The summed E-state index contributed by atoms with van der Waals surface area (Å²) in [6.45, 7) is 3.56. The summed E-state index contributed by atoms with van der Waals surface area (Å²) in [6.07, 6.45) is 4.83. The highest BCUT2D eigenvalue weighted by molar-refractivity contribution is 6.31. The van der Waals surface area contributed by atoms with Crippen molar-refractivity contribution in [3.63, 3.8) is 0 Å². The second-order valence-corrected chi connectivity index (χ2v) is 5.08. The van der Waals surface area contributed by atoms with Gasteiger partial charge in [0.1, 0.15) is 0 Å². The number of hydrogen-bond acceptors (Lipinski definition) is 4. The Bertz CT molecular complexity index is 625. The van der Waals surface area contributed by atoms with E-state index in [1.54, 1.807) is 18.2 Å². The standard InChI is InChI=1S/C15H18ClN3O2/c1-3-6-19-10-11(9-18-19)8-17-14-7-12(16)4-5-13(14)15(20)21-2/h4-5,7,9-10,17H,3,6,8H2,1-2H3. The summed E-state index contributed by atoms with van der Waals surface area (Å²) >= 11 is 5.98. The fourth-order valence-electron chi connectivity index (χ4n) is 2.00. The Balaban J connectivity index is 2.11. The van der Waals surface area contributed by atoms with Crippen molar-refractivity contribution in [2.75, 3.05) is 12.4 Å². The highest BCUT2D eigenvalue weighted by atomic mass is 35.5. The van der Waals surface area contributed by atoms with E-state index in [4.69, 9.17) is 16.3 Å². The molecule has 1 heterocycles. The molecule has 112 valence electrons. The van der Waals surface area contributed by atoms with Crippen LogP contribution in [0, 0.1) is 0 Å². The number of rotatable bonds is 6. The van der Waals surface area contributed by atoms with Gasteiger partial charge in [0.2, 0.25) is 0 Å². The van der Waals surface area contributed by atoms with Gasteiger partial charge in [-0.2, -0.15) is 5.10 Å². The molecule has 5 nitrogen and oxygen atoms in total. The Morgan fingerprint density at radius 2 is 2.29 bits per heavy atom. The summed E-state index contributed by atoms with van der Waals surface area (Å²) in [6, 6.07) is 5.03. The van der Waals surface area contributed by atoms with Gasteiger partial charge in [0.15, 0.2) is 0 Å². The molecule has 1 N–H and O–H groups in total. The van der Waals surface area contributed by atoms with Crippen LogP contribution < -0.4 is 5.32 Å². The topological polar surface area (TPSA) is 56.2 Å². The van der Waals surface area contributed by atoms with Crippen molar-refractivity contribution in [3.05, 3.63) is 46.7 Å². The molecule has 0 unspecified atom stereocenters. The monoisotopic (exact) mass is 307 g/mol. The second kappa shape index (κ2) is 7.13. The van der Waals surface area contributed by atoms with Crippen LogP contribution in [0.3, 0.4) is 0 Å². The van der Waals surface area contributed by atoms with Crippen molar-refractivity contribution in [1.82, 2.24) is 9.78 Å². The smallest absolute Gasteiger partial charge is 0.339 e. The third kappa shape index (κ3) is 3.98. The second-order valence-electron chi connectivity index (χ2n) is 4.65. The van der Waals surface area contributed by atoms with Gasteiger partial charge in [0.25, 0.3) is 0 Å². The third-order valence-corrected chi connectivity index (χ3v) is 3.24. The van der Waals surface area contributed by atoms with Gasteiger partial charge < -0.3 is 10.1 Å². The number of nitrogens with one attached hydrogen (secondary N) is 1. The summed E-state index contributed by atoms with van der Waals surface area (Å²) < 4.78 is 6.67. The molecule has 0 aliphatic rings. The predicted octanol–water partition coefficient (Wildman–Crippen LogP) is 3.35. The molecule has 0 amide bonds. The Morgan fingerprint density at radius 3 is 3.00 bits per heavy atom. The number of ether oxygens (including phenoxy) is 1. The van der Waals surface area contributed by atoms with Crippen LogP contribution in [0.5, 0.6) is 0 Å². The Labute approximate surface area is 128 Å². The summed E-state index contributed by atoms with van der Waals surface area (Å²) in [4.78, 5) is 11.7. The lowest BCUT2D eigenvalue weighted by Gasteiger charge is -2.10. The van der Waals surface area contributed by atoms with E-state index in [2.05, 4.69) is 17.3 Å². The molecule has 0 fully saturated rings. The molecule has 0 bridgehead atoms. The van der Waals surface area contributed by atoms with Crippen molar-refractivity contribution in [1.29, 1.82) is 0 Å². The minimum absolute atomic E-state index is 0.393. The minimum atomic E-state index is -0.393. The number of halogens is 1. The molecule has 21 heavy (non-hydrogen) atoms. The van der Waals surface area contributed by atoms with Crippen LogP contribution in [0.1, 0.15) is 29.3 Å². The maximum absolute atomic E-state index is 11.7. The number of carbonyl (C=O) groups excluding carboxylic acids is 1. The SMILES string of the molecule is CCCn1cc(CNc2cc(Cl)ccc2C(=O)OC)cn1. The highest BCUT2D eigenvalue weighted by Gasteiger charge is 2.12. The van der Waals surface area contributed by atoms with E-state index >= 15 is 0 Å². The molecule has 0 radical (unpaired) electrons. The molecule has 6 heteroatoms. The minimum Gasteiger partial charge on any atom is -0.465 e. The van der Waals surface area contributed by atoms with Gasteiger partial charge in [-0.1, -0.05) is 18.5 Å². The van der Waals surface area contributed by atoms with Crippen LogP contribution in [0.25, 0.3) is 0 Å². The summed E-state index contributed by atoms with van der Waals surface area (Å²) in [7, 11) is 1.36. The van der Waals surface area contributed by atoms with E-state index in [0.29, 0.717) is 22.8 Å². The van der Waals surface area contributed by atoms with E-state index in [1.807, 2.05) is 17.1 Å². The first-order valence-corrected chi connectivity index (χ1v) is 7.15. The number of benzene rings is 1. The highest BCUT2D eigenvalue weighted by Crippen LogP contribution is 2.22. The molecule has 0 saturated carbocycles. The molecule has 1 aromatic heterocycles. The van der Waals surface area contributed by atoms with Crippen molar-refractivity contribution >= 4 is 23.3 Å². The average molecular weight is 308 g/mol. The fourth-order valence-corrected chi connectivity index (χ4v) is 2.17. The van der Waals surface area contributed by atoms with E-state index in [0.717, 1.165) is 18.5 Å². The number of hydrogen-bond donors (Lipinski definition) is 1. The van der Waals surface area contributed by atoms with Crippen LogP contribution in [0.15, 0.2) is 30.6 Å². The van der Waals surface area contributed by atoms with Crippen molar-refractivity contribution in [2.24, 2.45) is 0 Å². The van der Waals surface area contributed by atoms with E-state index in [1.165, 1.54) is 7.11 Å². The number of anilines is 1. The summed E-state index contributed by atoms with van der Waals surface area (Å²) in [5.74, 6) is -0.393. The van der Waals surface area contributed by atoms with Crippen LogP contribution in [-0.2, 0) is 17.8 Å². The molecule has 0 saturated heterocycles.